The second-order valence-electron chi connectivity index (χ2n) is 5.77. The highest BCUT2D eigenvalue weighted by Gasteiger charge is 2.19. The largest absolute Gasteiger partial charge is 0.444 e. The molecule has 0 aliphatic carbocycles. The normalized spacial score (nSPS) is 12.9. The molecule has 0 aliphatic rings. The maximum Gasteiger partial charge on any atom is 0.408 e. The van der Waals surface area contributed by atoms with Gasteiger partial charge >= 0.3 is 6.09 Å². The number of hydrogen-bond acceptors (Lipinski definition) is 3. The zero-order chi connectivity index (χ0) is 14.6. The van der Waals surface area contributed by atoms with E-state index in [0.29, 0.717) is 6.54 Å². The SMILES string of the molecule is C=C(C)Cn1cncc1[C@H](C)NC(=O)OC(C)(C)C. The average Bonchev–Trinajstić information content (AvgIpc) is 2.61. The summed E-state index contributed by atoms with van der Waals surface area (Å²) < 4.78 is 7.19. The van der Waals surface area contributed by atoms with Crippen molar-refractivity contribution in [2.45, 2.75) is 52.8 Å². The van der Waals surface area contributed by atoms with E-state index in [1.54, 1.807) is 12.5 Å². The molecule has 1 amide bonds. The summed E-state index contributed by atoms with van der Waals surface area (Å²) in [5.74, 6) is 0. The molecule has 0 radical (unpaired) electrons. The summed E-state index contributed by atoms with van der Waals surface area (Å²) in [7, 11) is 0. The Hall–Kier alpha value is -1.78. The number of hydrogen-bond donors (Lipinski definition) is 1. The van der Waals surface area contributed by atoms with Crippen LogP contribution in [0.3, 0.4) is 0 Å². The molecule has 0 aromatic carbocycles. The fourth-order valence-corrected chi connectivity index (χ4v) is 1.67. The summed E-state index contributed by atoms with van der Waals surface area (Å²) in [5.41, 5.74) is 1.46. The highest BCUT2D eigenvalue weighted by Crippen LogP contribution is 2.14. The van der Waals surface area contributed by atoms with E-state index >= 15 is 0 Å². The highest BCUT2D eigenvalue weighted by atomic mass is 16.6. The van der Waals surface area contributed by atoms with Crippen molar-refractivity contribution in [1.29, 1.82) is 0 Å². The number of rotatable bonds is 4. The molecule has 0 fully saturated rings. The van der Waals surface area contributed by atoms with Crippen molar-refractivity contribution in [3.05, 3.63) is 30.4 Å². The third-order valence-electron chi connectivity index (χ3n) is 2.36. The minimum absolute atomic E-state index is 0.170. The zero-order valence-electron chi connectivity index (χ0n) is 12.4. The first kappa shape index (κ1) is 15.3. The van der Waals surface area contributed by atoms with Crippen molar-refractivity contribution in [2.75, 3.05) is 0 Å². The van der Waals surface area contributed by atoms with Crippen molar-refractivity contribution < 1.29 is 9.53 Å². The fraction of sp³-hybridized carbons (Fsp3) is 0.571. The first-order chi connectivity index (χ1) is 8.69. The van der Waals surface area contributed by atoms with Crippen molar-refractivity contribution in [2.24, 2.45) is 0 Å². The van der Waals surface area contributed by atoms with Gasteiger partial charge in [-0.1, -0.05) is 12.2 Å². The minimum atomic E-state index is -0.498. The standard InChI is InChI=1S/C14H23N3O2/c1-10(2)8-17-9-15-7-12(17)11(3)16-13(18)19-14(4,5)6/h7,9,11H,1,8H2,2-6H3,(H,16,18)/t11-/m0/s1. The summed E-state index contributed by atoms with van der Waals surface area (Å²) in [5, 5.41) is 2.80. The lowest BCUT2D eigenvalue weighted by Crippen LogP contribution is -2.34. The third kappa shape index (κ3) is 5.16. The number of nitrogens with zero attached hydrogens (tertiary/aromatic N) is 2. The molecule has 19 heavy (non-hydrogen) atoms. The smallest absolute Gasteiger partial charge is 0.408 e. The van der Waals surface area contributed by atoms with Gasteiger partial charge in [-0.15, -0.1) is 0 Å². The van der Waals surface area contributed by atoms with Gasteiger partial charge in [0.05, 0.1) is 24.3 Å². The van der Waals surface area contributed by atoms with Crippen LogP contribution in [0, 0.1) is 0 Å². The van der Waals surface area contributed by atoms with Crippen LogP contribution >= 0.6 is 0 Å². The van der Waals surface area contributed by atoms with E-state index in [4.69, 9.17) is 4.74 Å². The van der Waals surface area contributed by atoms with Gasteiger partial charge < -0.3 is 14.6 Å². The van der Waals surface area contributed by atoms with Crippen LogP contribution in [0.2, 0.25) is 0 Å². The van der Waals surface area contributed by atoms with Gasteiger partial charge in [0, 0.05) is 6.54 Å². The summed E-state index contributed by atoms with van der Waals surface area (Å²) in [6, 6.07) is -0.170. The number of amides is 1. The Kier molecular flexibility index (Phi) is 4.75. The van der Waals surface area contributed by atoms with Crippen LogP contribution in [0.25, 0.3) is 0 Å². The predicted molar refractivity (Wildman–Crippen MR) is 74.8 cm³/mol. The van der Waals surface area contributed by atoms with Crippen molar-refractivity contribution in [3.63, 3.8) is 0 Å². The van der Waals surface area contributed by atoms with Crippen LogP contribution in [-0.2, 0) is 11.3 Å². The van der Waals surface area contributed by atoms with E-state index in [0.717, 1.165) is 11.3 Å². The molecule has 1 aromatic rings. The molecule has 0 aliphatic heterocycles. The third-order valence-corrected chi connectivity index (χ3v) is 2.36. The van der Waals surface area contributed by atoms with Gasteiger partial charge in [0.25, 0.3) is 0 Å². The lowest BCUT2D eigenvalue weighted by molar-refractivity contribution is 0.0506. The van der Waals surface area contributed by atoms with Crippen molar-refractivity contribution in [1.82, 2.24) is 14.9 Å². The minimum Gasteiger partial charge on any atom is -0.444 e. The quantitative estimate of drug-likeness (QED) is 0.851. The second-order valence-corrected chi connectivity index (χ2v) is 5.77. The molecule has 1 N–H and O–H groups in total. The van der Waals surface area contributed by atoms with E-state index in [9.17, 15) is 4.79 Å². The zero-order valence-corrected chi connectivity index (χ0v) is 12.4. The van der Waals surface area contributed by atoms with Crippen LogP contribution in [-0.4, -0.2) is 21.2 Å². The highest BCUT2D eigenvalue weighted by molar-refractivity contribution is 5.68. The first-order valence-corrected chi connectivity index (χ1v) is 6.33. The molecule has 106 valence electrons. The maximum atomic E-state index is 11.7. The molecule has 0 saturated heterocycles. The molecular formula is C14H23N3O2. The molecule has 1 atom stereocenters. The number of carbonyl (C=O) groups is 1. The van der Waals surface area contributed by atoms with Gasteiger partial charge in [0.2, 0.25) is 0 Å². The Morgan fingerprint density at radius 1 is 1.58 bits per heavy atom. The van der Waals surface area contributed by atoms with E-state index in [1.165, 1.54) is 0 Å². The van der Waals surface area contributed by atoms with Gasteiger partial charge in [-0.25, -0.2) is 9.78 Å². The van der Waals surface area contributed by atoms with E-state index < -0.39 is 11.7 Å². The van der Waals surface area contributed by atoms with Crippen LogP contribution < -0.4 is 5.32 Å². The Labute approximate surface area is 114 Å². The number of carbonyl (C=O) groups excluding carboxylic acids is 1. The molecule has 5 heteroatoms. The van der Waals surface area contributed by atoms with Crippen LogP contribution in [0.15, 0.2) is 24.7 Å². The number of alkyl carbamates (subject to hydrolysis) is 1. The molecule has 0 unspecified atom stereocenters. The molecule has 0 saturated carbocycles. The van der Waals surface area contributed by atoms with Gasteiger partial charge in [-0.3, -0.25) is 0 Å². The van der Waals surface area contributed by atoms with Crippen molar-refractivity contribution in [3.8, 4) is 0 Å². The summed E-state index contributed by atoms with van der Waals surface area (Å²) in [6.45, 7) is 13.9. The number of aromatic nitrogens is 2. The molecule has 0 bridgehead atoms. The monoisotopic (exact) mass is 265 g/mol. The fourth-order valence-electron chi connectivity index (χ4n) is 1.67. The second kappa shape index (κ2) is 5.91. The molecule has 1 rings (SSSR count). The lowest BCUT2D eigenvalue weighted by Gasteiger charge is -2.22. The summed E-state index contributed by atoms with van der Waals surface area (Å²) in [6.07, 6.45) is 3.05. The summed E-state index contributed by atoms with van der Waals surface area (Å²) >= 11 is 0. The lowest BCUT2D eigenvalue weighted by atomic mass is 10.2. The first-order valence-electron chi connectivity index (χ1n) is 6.33. The topological polar surface area (TPSA) is 56.2 Å². The van der Waals surface area contributed by atoms with E-state index in [-0.39, 0.29) is 6.04 Å². The van der Waals surface area contributed by atoms with Crippen molar-refractivity contribution >= 4 is 6.09 Å². The number of ether oxygens (including phenoxy) is 1. The molecular weight excluding hydrogens is 242 g/mol. The molecule has 1 heterocycles. The Balaban J connectivity index is 2.68. The molecule has 5 nitrogen and oxygen atoms in total. The van der Waals surface area contributed by atoms with Gasteiger partial charge in [0.15, 0.2) is 0 Å². The number of allylic oxidation sites excluding steroid dienone is 1. The van der Waals surface area contributed by atoms with E-state index in [1.807, 2.05) is 39.2 Å². The van der Waals surface area contributed by atoms with Gasteiger partial charge in [-0.2, -0.15) is 0 Å². The Morgan fingerprint density at radius 3 is 2.74 bits per heavy atom. The Bertz CT molecular complexity index is 458. The number of imidazole rings is 1. The molecule has 1 aromatic heterocycles. The number of nitrogens with one attached hydrogen (secondary N) is 1. The van der Waals surface area contributed by atoms with Gasteiger partial charge in [0.1, 0.15) is 5.60 Å². The predicted octanol–water partition coefficient (Wildman–Crippen LogP) is 3.04. The van der Waals surface area contributed by atoms with Gasteiger partial charge in [-0.05, 0) is 34.6 Å². The van der Waals surface area contributed by atoms with Crippen LogP contribution in [0.1, 0.15) is 46.4 Å². The molecule has 0 spiro atoms. The Morgan fingerprint density at radius 2 is 2.21 bits per heavy atom. The van der Waals surface area contributed by atoms with Crippen LogP contribution in [0.5, 0.6) is 0 Å². The maximum absolute atomic E-state index is 11.7. The average molecular weight is 265 g/mol. The van der Waals surface area contributed by atoms with E-state index in [2.05, 4.69) is 16.9 Å². The summed E-state index contributed by atoms with van der Waals surface area (Å²) in [4.78, 5) is 15.8. The van der Waals surface area contributed by atoms with Crippen LogP contribution in [0.4, 0.5) is 4.79 Å².